The van der Waals surface area contributed by atoms with Crippen LogP contribution in [0.25, 0.3) is 5.52 Å². The number of nitrogens with zero attached hydrogens (tertiary/aromatic N) is 3. The van der Waals surface area contributed by atoms with Gasteiger partial charge in [0.05, 0.1) is 30.7 Å². The minimum absolute atomic E-state index is 0.000652. The molecule has 1 N–H and O–H groups in total. The molecule has 1 saturated heterocycles. The molecule has 7 nitrogen and oxygen atoms in total. The Morgan fingerprint density at radius 1 is 1.24 bits per heavy atom. The lowest BCUT2D eigenvalue weighted by Crippen LogP contribution is -2.58. The van der Waals surface area contributed by atoms with Crippen LogP contribution in [0.5, 0.6) is 0 Å². The topological polar surface area (TPSA) is 75.9 Å². The van der Waals surface area contributed by atoms with Gasteiger partial charge in [-0.1, -0.05) is 6.92 Å². The molecule has 0 aliphatic carbocycles. The van der Waals surface area contributed by atoms with Gasteiger partial charge in [-0.3, -0.25) is 4.79 Å². The molecule has 0 unspecified atom stereocenters. The van der Waals surface area contributed by atoms with Gasteiger partial charge in [-0.25, -0.2) is 13.7 Å². The Balaban J connectivity index is 1.78. The van der Waals surface area contributed by atoms with Gasteiger partial charge in [0.1, 0.15) is 17.5 Å². The Bertz CT molecular complexity index is 1040. The van der Waals surface area contributed by atoms with Crippen LogP contribution in [0, 0.1) is 9.49 Å². The van der Waals surface area contributed by atoms with Gasteiger partial charge in [-0.05, 0) is 61.4 Å². The third-order valence-corrected chi connectivity index (χ3v) is 5.77. The minimum Gasteiger partial charge on any atom is -0.444 e. The van der Waals surface area contributed by atoms with Crippen LogP contribution in [0.4, 0.5) is 22.4 Å². The summed E-state index contributed by atoms with van der Waals surface area (Å²) in [4.78, 5) is 26.6. The molecular weight excluding hydrogens is 559 g/mol. The van der Waals surface area contributed by atoms with Crippen LogP contribution < -0.4 is 5.32 Å². The summed E-state index contributed by atoms with van der Waals surface area (Å²) in [6.07, 6.45) is -6.71. The zero-order valence-corrected chi connectivity index (χ0v) is 20.7. The van der Waals surface area contributed by atoms with Gasteiger partial charge in [0.15, 0.2) is 0 Å². The predicted octanol–water partition coefficient (Wildman–Crippen LogP) is 4.37. The first-order valence-corrected chi connectivity index (χ1v) is 11.4. The Labute approximate surface area is 202 Å². The maximum atomic E-state index is 15.0. The predicted molar refractivity (Wildman–Crippen MR) is 121 cm³/mol. The van der Waals surface area contributed by atoms with Gasteiger partial charge in [0.2, 0.25) is 0 Å². The Morgan fingerprint density at radius 2 is 1.91 bits per heavy atom. The fourth-order valence-electron chi connectivity index (χ4n) is 3.77. The number of carbonyl (C=O) groups is 2. The molecular formula is C21H25F4IN4O3. The van der Waals surface area contributed by atoms with Crippen molar-refractivity contribution < 1.29 is 31.9 Å². The molecule has 0 spiro atoms. The average molecular weight is 584 g/mol. The van der Waals surface area contributed by atoms with Crippen LogP contribution in [-0.2, 0) is 11.2 Å². The zero-order chi connectivity index (χ0) is 24.7. The number of hydrogen-bond donors (Lipinski definition) is 1. The van der Waals surface area contributed by atoms with Crippen LogP contribution in [0.3, 0.4) is 0 Å². The van der Waals surface area contributed by atoms with Crippen molar-refractivity contribution in [3.8, 4) is 0 Å². The molecule has 0 radical (unpaired) electrons. The van der Waals surface area contributed by atoms with Gasteiger partial charge in [0, 0.05) is 15.7 Å². The van der Waals surface area contributed by atoms with Crippen molar-refractivity contribution in [1.82, 2.24) is 19.8 Å². The summed E-state index contributed by atoms with van der Waals surface area (Å²) in [5.74, 6) is -1.09. The Kier molecular flexibility index (Phi) is 7.16. The maximum Gasteiger partial charge on any atom is 0.410 e. The smallest absolute Gasteiger partial charge is 0.410 e. The number of carbonyl (C=O) groups excluding carboxylic acids is 2. The summed E-state index contributed by atoms with van der Waals surface area (Å²) in [5, 5.41) is 6.59. The molecule has 0 saturated carbocycles. The molecule has 182 valence electrons. The summed E-state index contributed by atoms with van der Waals surface area (Å²) in [6.45, 7) is 6.78. The number of piperidine rings is 1. The number of rotatable bonds is 3. The van der Waals surface area contributed by atoms with E-state index in [1.807, 2.05) is 22.6 Å². The zero-order valence-electron chi connectivity index (χ0n) is 18.5. The molecule has 3 heterocycles. The first kappa shape index (κ1) is 25.5. The van der Waals surface area contributed by atoms with E-state index in [2.05, 4.69) is 10.4 Å². The second kappa shape index (κ2) is 9.26. The van der Waals surface area contributed by atoms with Crippen LogP contribution >= 0.6 is 22.6 Å². The summed E-state index contributed by atoms with van der Waals surface area (Å²) in [5.41, 5.74) is -0.618. The lowest BCUT2D eigenvalue weighted by atomic mass is 9.92. The number of hydrogen-bond acceptors (Lipinski definition) is 4. The van der Waals surface area contributed by atoms with E-state index in [-0.39, 0.29) is 29.9 Å². The highest BCUT2D eigenvalue weighted by Crippen LogP contribution is 2.27. The summed E-state index contributed by atoms with van der Waals surface area (Å²) < 4.78 is 60.6. The van der Waals surface area contributed by atoms with Crippen molar-refractivity contribution >= 4 is 40.1 Å². The normalized spacial score (nSPS) is 21.8. The molecule has 2 amide bonds. The fraction of sp³-hybridized carbons (Fsp3) is 0.571. The van der Waals surface area contributed by atoms with E-state index in [0.717, 1.165) is 10.7 Å². The van der Waals surface area contributed by atoms with Gasteiger partial charge < -0.3 is 15.0 Å². The standard InChI is InChI=1S/C21H25F4IN4O3/c1-11-9-29(19(32)33-20(2,3)4)10-14(22)17(11)28-18(31)16-6-13(26)5-15-12(7-21(23,24)25)8-27-30(15)16/h5-6,8,11,14,17H,7,9-10H2,1-4H3,(H,28,31)/t11-,14-,17+/m0/s1. The van der Waals surface area contributed by atoms with Crippen molar-refractivity contribution in [2.75, 3.05) is 13.1 Å². The monoisotopic (exact) mass is 584 g/mol. The lowest BCUT2D eigenvalue weighted by molar-refractivity contribution is -0.127. The van der Waals surface area contributed by atoms with E-state index in [1.54, 1.807) is 27.7 Å². The molecule has 2 aromatic rings. The molecule has 1 aliphatic rings. The highest BCUT2D eigenvalue weighted by molar-refractivity contribution is 14.1. The molecule has 0 bridgehead atoms. The number of pyridine rings is 1. The van der Waals surface area contributed by atoms with Crippen LogP contribution in [-0.4, -0.2) is 63.6 Å². The molecule has 12 heteroatoms. The first-order valence-electron chi connectivity index (χ1n) is 10.3. The average Bonchev–Trinajstić information content (AvgIpc) is 3.03. The van der Waals surface area contributed by atoms with Crippen molar-refractivity contribution in [3.05, 3.63) is 33.2 Å². The third kappa shape index (κ3) is 6.27. The van der Waals surface area contributed by atoms with E-state index in [0.29, 0.717) is 3.57 Å². The maximum absolute atomic E-state index is 15.0. The second-order valence-electron chi connectivity index (χ2n) is 9.20. The van der Waals surface area contributed by atoms with Gasteiger partial charge >= 0.3 is 12.3 Å². The number of aromatic nitrogens is 2. The summed E-state index contributed by atoms with van der Waals surface area (Å²) >= 11 is 1.90. The third-order valence-electron chi connectivity index (χ3n) is 5.14. The fourth-order valence-corrected chi connectivity index (χ4v) is 4.36. The van der Waals surface area contributed by atoms with Crippen LogP contribution in [0.15, 0.2) is 18.3 Å². The highest BCUT2D eigenvalue weighted by atomic mass is 127. The van der Waals surface area contributed by atoms with Gasteiger partial charge in [0.25, 0.3) is 5.91 Å². The van der Waals surface area contributed by atoms with Gasteiger partial charge in [-0.15, -0.1) is 0 Å². The van der Waals surface area contributed by atoms with Crippen molar-refractivity contribution in [1.29, 1.82) is 0 Å². The number of likely N-dealkylation sites (tertiary alicyclic amines) is 1. The Morgan fingerprint density at radius 3 is 2.48 bits per heavy atom. The lowest BCUT2D eigenvalue weighted by Gasteiger charge is -2.39. The molecule has 0 aromatic carbocycles. The molecule has 1 fully saturated rings. The van der Waals surface area contributed by atoms with E-state index in [1.165, 1.54) is 17.0 Å². The van der Waals surface area contributed by atoms with Crippen molar-refractivity contribution in [2.24, 2.45) is 5.92 Å². The van der Waals surface area contributed by atoms with Gasteiger partial charge in [-0.2, -0.15) is 18.3 Å². The minimum atomic E-state index is -4.42. The number of alkyl halides is 4. The van der Waals surface area contributed by atoms with E-state index >= 15 is 0 Å². The number of halogens is 5. The van der Waals surface area contributed by atoms with Crippen LogP contribution in [0.2, 0.25) is 0 Å². The second-order valence-corrected chi connectivity index (χ2v) is 10.4. The van der Waals surface area contributed by atoms with Crippen molar-refractivity contribution in [2.45, 2.75) is 58.1 Å². The number of amides is 2. The van der Waals surface area contributed by atoms with E-state index in [9.17, 15) is 27.2 Å². The number of nitrogens with one attached hydrogen (secondary N) is 1. The van der Waals surface area contributed by atoms with Crippen LogP contribution in [0.1, 0.15) is 43.7 Å². The molecule has 33 heavy (non-hydrogen) atoms. The molecule has 2 aromatic heterocycles. The van der Waals surface area contributed by atoms with E-state index in [4.69, 9.17) is 4.74 Å². The largest absolute Gasteiger partial charge is 0.444 e. The summed E-state index contributed by atoms with van der Waals surface area (Å²) in [7, 11) is 0. The van der Waals surface area contributed by atoms with E-state index < -0.39 is 48.3 Å². The molecule has 3 rings (SSSR count). The molecule has 3 atom stereocenters. The van der Waals surface area contributed by atoms with Crippen molar-refractivity contribution in [3.63, 3.8) is 0 Å². The number of fused-ring (bicyclic) bond motifs is 1. The Hall–Kier alpha value is -2.12. The number of ether oxygens (including phenoxy) is 1. The summed E-state index contributed by atoms with van der Waals surface area (Å²) in [6, 6.07) is 2.08. The SMILES string of the molecule is C[C@H]1CN(C(=O)OC(C)(C)C)C[C@H](F)[C@@H]1NC(=O)c1cc(I)cc2c(CC(F)(F)F)cnn12. The molecule has 1 aliphatic heterocycles. The first-order chi connectivity index (χ1) is 15.1. The highest BCUT2D eigenvalue weighted by Gasteiger charge is 2.39. The quantitative estimate of drug-likeness (QED) is 0.430.